The summed E-state index contributed by atoms with van der Waals surface area (Å²) in [6.45, 7) is -0.121. The van der Waals surface area contributed by atoms with E-state index in [9.17, 15) is 5.11 Å². The van der Waals surface area contributed by atoms with Gasteiger partial charge in [-0.2, -0.15) is 10.2 Å². The van der Waals surface area contributed by atoms with E-state index in [0.717, 1.165) is 53.7 Å². The average Bonchev–Trinajstić information content (AvgIpc) is 3.43. The second kappa shape index (κ2) is 8.58. The predicted molar refractivity (Wildman–Crippen MR) is 121 cm³/mol. The molecule has 0 atom stereocenters. The molecule has 0 spiro atoms. The Morgan fingerprint density at radius 3 is 2.75 bits per heavy atom. The summed E-state index contributed by atoms with van der Waals surface area (Å²) in [5, 5.41) is 23.0. The number of aromatic nitrogens is 6. The summed E-state index contributed by atoms with van der Waals surface area (Å²) in [5.41, 5.74) is 3.55. The van der Waals surface area contributed by atoms with Gasteiger partial charge in [0.2, 0.25) is 0 Å². The molecule has 1 aliphatic rings. The molecule has 4 aromatic rings. The Hall–Kier alpha value is -3.46. The summed E-state index contributed by atoms with van der Waals surface area (Å²) in [4.78, 5) is 8.72. The molecule has 5 rings (SSSR count). The molecule has 4 heterocycles. The summed E-state index contributed by atoms with van der Waals surface area (Å²) in [7, 11) is 3.78. The molecule has 0 aliphatic heterocycles. The number of nitrogens with one attached hydrogen (secondary N) is 1. The zero-order valence-corrected chi connectivity index (χ0v) is 18.3. The fourth-order valence-electron chi connectivity index (χ4n) is 4.44. The van der Waals surface area contributed by atoms with Crippen LogP contribution in [0.25, 0.3) is 22.2 Å². The number of aliphatic hydroxyl groups excluding tert-OH is 1. The molecule has 9 heteroatoms. The minimum Gasteiger partial charge on any atom is -0.488 e. The molecule has 0 radical (unpaired) electrons. The monoisotopic (exact) mass is 433 g/mol. The lowest BCUT2D eigenvalue weighted by molar-refractivity contribution is 0.126. The number of nitrogens with zero attached hydrogens (tertiary/aromatic N) is 6. The van der Waals surface area contributed by atoms with Crippen molar-refractivity contribution in [2.24, 2.45) is 7.05 Å². The van der Waals surface area contributed by atoms with E-state index < -0.39 is 0 Å². The molecule has 0 unspecified atom stereocenters. The zero-order valence-electron chi connectivity index (χ0n) is 18.3. The van der Waals surface area contributed by atoms with E-state index in [4.69, 9.17) is 9.84 Å². The highest BCUT2D eigenvalue weighted by atomic mass is 16.5. The van der Waals surface area contributed by atoms with E-state index in [1.165, 1.54) is 0 Å². The average molecular weight is 434 g/mol. The van der Waals surface area contributed by atoms with Crippen LogP contribution in [0, 0.1) is 0 Å². The van der Waals surface area contributed by atoms with Crippen LogP contribution in [0.5, 0.6) is 5.75 Å². The van der Waals surface area contributed by atoms with Crippen LogP contribution in [0.15, 0.2) is 43.0 Å². The van der Waals surface area contributed by atoms with Crippen LogP contribution in [0.1, 0.15) is 37.4 Å². The second-order valence-corrected chi connectivity index (χ2v) is 8.19. The van der Waals surface area contributed by atoms with Crippen LogP contribution in [0.2, 0.25) is 0 Å². The van der Waals surface area contributed by atoms with Crippen LogP contribution >= 0.6 is 0 Å². The fourth-order valence-corrected chi connectivity index (χ4v) is 4.44. The SMILES string of the molecule is CNc1cc2c(cn1)c(-c1cnn(C)c1)nn2[C@H]1CC[C@@H](Oc2cccnc2CO)CC1. The Labute approximate surface area is 186 Å². The van der Waals surface area contributed by atoms with Gasteiger partial charge in [-0.05, 0) is 37.8 Å². The number of fused-ring (bicyclic) bond motifs is 1. The van der Waals surface area contributed by atoms with E-state index in [0.29, 0.717) is 11.4 Å². The number of hydrogen-bond acceptors (Lipinski definition) is 7. The number of ether oxygens (including phenoxy) is 1. The minimum atomic E-state index is -0.121. The lowest BCUT2D eigenvalue weighted by Crippen LogP contribution is -2.26. The Kier molecular flexibility index (Phi) is 5.48. The number of pyridine rings is 2. The topological polar surface area (TPSA) is 103 Å². The van der Waals surface area contributed by atoms with Crippen LogP contribution in [-0.4, -0.2) is 47.8 Å². The summed E-state index contributed by atoms with van der Waals surface area (Å²) >= 11 is 0. The van der Waals surface area contributed by atoms with Gasteiger partial charge >= 0.3 is 0 Å². The quantitative estimate of drug-likeness (QED) is 0.481. The van der Waals surface area contributed by atoms with E-state index in [1.54, 1.807) is 10.9 Å². The normalized spacial score (nSPS) is 18.7. The zero-order chi connectivity index (χ0) is 22.1. The van der Waals surface area contributed by atoms with Gasteiger partial charge in [0.15, 0.2) is 0 Å². The molecule has 1 fully saturated rings. The van der Waals surface area contributed by atoms with E-state index in [1.807, 2.05) is 44.8 Å². The number of rotatable bonds is 6. The first-order valence-corrected chi connectivity index (χ1v) is 10.9. The van der Waals surface area contributed by atoms with Crippen molar-refractivity contribution in [3.05, 3.63) is 48.7 Å². The molecule has 1 saturated carbocycles. The van der Waals surface area contributed by atoms with Crippen molar-refractivity contribution in [3.8, 4) is 17.0 Å². The first-order valence-electron chi connectivity index (χ1n) is 10.9. The molecular weight excluding hydrogens is 406 g/mol. The Bertz CT molecular complexity index is 1220. The van der Waals surface area contributed by atoms with Crippen molar-refractivity contribution >= 4 is 16.7 Å². The van der Waals surface area contributed by atoms with Crippen LogP contribution < -0.4 is 10.1 Å². The molecule has 1 aliphatic carbocycles. The maximum Gasteiger partial charge on any atom is 0.143 e. The molecule has 0 amide bonds. The van der Waals surface area contributed by atoms with Gasteiger partial charge in [-0.1, -0.05) is 0 Å². The molecule has 4 aromatic heterocycles. The maximum absolute atomic E-state index is 9.51. The van der Waals surface area contributed by atoms with Gasteiger partial charge in [0.25, 0.3) is 0 Å². The number of aliphatic hydroxyl groups is 1. The van der Waals surface area contributed by atoms with Gasteiger partial charge in [-0.25, -0.2) is 4.98 Å². The minimum absolute atomic E-state index is 0.106. The molecule has 166 valence electrons. The lowest BCUT2D eigenvalue weighted by atomic mass is 9.93. The predicted octanol–water partition coefficient (Wildman–Crippen LogP) is 3.32. The highest BCUT2D eigenvalue weighted by Gasteiger charge is 2.27. The largest absolute Gasteiger partial charge is 0.488 e. The molecule has 32 heavy (non-hydrogen) atoms. The maximum atomic E-state index is 9.51. The van der Waals surface area contributed by atoms with Crippen LogP contribution in [0.3, 0.4) is 0 Å². The van der Waals surface area contributed by atoms with Gasteiger partial charge < -0.3 is 15.2 Å². The molecule has 2 N–H and O–H groups in total. The Morgan fingerprint density at radius 2 is 2.03 bits per heavy atom. The molecule has 9 nitrogen and oxygen atoms in total. The van der Waals surface area contributed by atoms with Gasteiger partial charge in [-0.15, -0.1) is 0 Å². The molecular formula is C23H27N7O2. The smallest absolute Gasteiger partial charge is 0.143 e. The van der Waals surface area contributed by atoms with Crippen LogP contribution in [0.4, 0.5) is 5.82 Å². The van der Waals surface area contributed by atoms with Gasteiger partial charge in [0, 0.05) is 49.7 Å². The summed E-state index contributed by atoms with van der Waals surface area (Å²) in [5.74, 6) is 1.49. The second-order valence-electron chi connectivity index (χ2n) is 8.19. The van der Waals surface area contributed by atoms with E-state index >= 15 is 0 Å². The summed E-state index contributed by atoms with van der Waals surface area (Å²) in [6, 6.07) is 6.05. The molecule has 0 saturated heterocycles. The third-order valence-electron chi connectivity index (χ3n) is 6.11. The van der Waals surface area contributed by atoms with Crippen molar-refractivity contribution in [1.29, 1.82) is 0 Å². The lowest BCUT2D eigenvalue weighted by Gasteiger charge is -2.30. The first-order chi connectivity index (χ1) is 15.7. The molecule has 0 aromatic carbocycles. The van der Waals surface area contributed by atoms with Crippen molar-refractivity contribution in [1.82, 2.24) is 29.5 Å². The van der Waals surface area contributed by atoms with E-state index in [-0.39, 0.29) is 18.8 Å². The number of aryl methyl sites for hydroxylation is 1. The van der Waals surface area contributed by atoms with E-state index in [2.05, 4.69) is 31.1 Å². The van der Waals surface area contributed by atoms with Gasteiger partial charge in [-0.3, -0.25) is 14.3 Å². The van der Waals surface area contributed by atoms with Crippen molar-refractivity contribution < 1.29 is 9.84 Å². The molecule has 0 bridgehead atoms. The van der Waals surface area contributed by atoms with Crippen LogP contribution in [-0.2, 0) is 13.7 Å². The number of hydrogen-bond donors (Lipinski definition) is 2. The van der Waals surface area contributed by atoms with Gasteiger partial charge in [0.1, 0.15) is 23.0 Å². The van der Waals surface area contributed by atoms with Crippen molar-refractivity contribution in [3.63, 3.8) is 0 Å². The fraction of sp³-hybridized carbons (Fsp3) is 0.391. The van der Waals surface area contributed by atoms with Crippen molar-refractivity contribution in [2.75, 3.05) is 12.4 Å². The summed E-state index contributed by atoms with van der Waals surface area (Å²) in [6.07, 6.45) is 11.2. The first kappa shape index (κ1) is 20.4. The van der Waals surface area contributed by atoms with Crippen molar-refractivity contribution in [2.45, 2.75) is 44.4 Å². The Balaban J connectivity index is 1.40. The third kappa shape index (κ3) is 3.80. The summed E-state index contributed by atoms with van der Waals surface area (Å²) < 4.78 is 10.1. The number of anilines is 1. The highest BCUT2D eigenvalue weighted by molar-refractivity contribution is 5.93. The van der Waals surface area contributed by atoms with Gasteiger partial charge in [0.05, 0.1) is 30.5 Å². The third-order valence-corrected chi connectivity index (χ3v) is 6.11. The standard InChI is InChI=1S/C23H27N7O2/c1-24-22-10-20-18(12-26-22)23(15-11-27-29(2)13-15)28-30(20)16-5-7-17(8-6-16)32-21-4-3-9-25-19(21)14-31/h3-4,9-13,16-17,31H,5-8,14H2,1-2H3,(H,24,26)/t16-,17+. The Morgan fingerprint density at radius 1 is 1.19 bits per heavy atom. The highest BCUT2D eigenvalue weighted by Crippen LogP contribution is 2.36.